The number of nitrogens with two attached hydrogens (primary N) is 2. The molecule has 8 nitrogen and oxygen atoms in total. The van der Waals surface area contributed by atoms with Crippen LogP contribution in [0.3, 0.4) is 0 Å². The molecule has 150 valence electrons. The number of hydrogen-bond donors (Lipinski definition) is 4. The van der Waals surface area contributed by atoms with Gasteiger partial charge in [0.05, 0.1) is 6.04 Å². The molecule has 0 aromatic heterocycles. The van der Waals surface area contributed by atoms with Crippen molar-refractivity contribution in [2.24, 2.45) is 17.4 Å². The number of anilines is 1. The molecule has 0 saturated heterocycles. The highest BCUT2D eigenvalue weighted by Crippen LogP contribution is 2.24. The Balaban J connectivity index is 3.20. The minimum atomic E-state index is -1.06. The normalized spacial score (nSPS) is 14.3. The van der Waals surface area contributed by atoms with Crippen LogP contribution in [0.4, 0.5) is 5.69 Å². The second-order valence-corrected chi connectivity index (χ2v) is 6.94. The van der Waals surface area contributed by atoms with Gasteiger partial charge in [-0.3, -0.25) is 14.9 Å². The third-order valence-electron chi connectivity index (χ3n) is 4.22. The van der Waals surface area contributed by atoms with Crippen molar-refractivity contribution in [2.45, 2.75) is 51.7 Å². The molecule has 0 fully saturated rings. The van der Waals surface area contributed by atoms with Gasteiger partial charge in [0, 0.05) is 5.69 Å². The zero-order valence-electron chi connectivity index (χ0n) is 16.1. The van der Waals surface area contributed by atoms with Gasteiger partial charge >= 0.3 is 5.97 Å². The smallest absolute Gasteiger partial charge is 0.326 e. The van der Waals surface area contributed by atoms with E-state index in [0.29, 0.717) is 12.1 Å². The van der Waals surface area contributed by atoms with E-state index in [4.69, 9.17) is 11.5 Å². The Hall–Kier alpha value is -2.45. The number of carbonyl (C=O) groups is 3. The van der Waals surface area contributed by atoms with Crippen molar-refractivity contribution in [3.8, 4) is 0 Å². The molecule has 0 aliphatic carbocycles. The zero-order chi connectivity index (χ0) is 20.6. The lowest BCUT2D eigenvalue weighted by molar-refractivity contribution is -0.138. The summed E-state index contributed by atoms with van der Waals surface area (Å²) in [5.41, 5.74) is 11.7. The van der Waals surface area contributed by atoms with Crippen LogP contribution in [-0.4, -0.2) is 47.6 Å². The molecule has 1 rings (SSSR count). The predicted molar refractivity (Wildman–Crippen MR) is 104 cm³/mol. The Bertz CT molecular complexity index is 636. The standard InChI is InChI=1S/C19H30N4O4/c1-12(2)11-16(18(25)22-17(24)15(21)9-10-20)23(13(3)19(26)27)14-7-5-4-6-8-14/h4-8,12-13,15-16H,9-11,20-21H2,1-3H3,(H,26,27)(H,22,24,25)/t13-,15+,16+/m1/s1. The zero-order valence-corrected chi connectivity index (χ0v) is 16.1. The maximum absolute atomic E-state index is 12.9. The third-order valence-corrected chi connectivity index (χ3v) is 4.22. The van der Waals surface area contributed by atoms with Gasteiger partial charge in [-0.1, -0.05) is 32.0 Å². The summed E-state index contributed by atoms with van der Waals surface area (Å²) in [5.74, 6) is -2.15. The first-order chi connectivity index (χ1) is 12.7. The molecule has 6 N–H and O–H groups in total. The first-order valence-corrected chi connectivity index (χ1v) is 9.05. The molecule has 1 aromatic rings. The Morgan fingerprint density at radius 3 is 2.19 bits per heavy atom. The van der Waals surface area contributed by atoms with Crippen molar-refractivity contribution < 1.29 is 19.5 Å². The summed E-state index contributed by atoms with van der Waals surface area (Å²) in [7, 11) is 0. The quantitative estimate of drug-likeness (QED) is 0.470. The molecule has 0 bridgehead atoms. The van der Waals surface area contributed by atoms with E-state index in [1.165, 1.54) is 11.8 Å². The molecule has 0 aliphatic rings. The molecule has 2 amide bonds. The van der Waals surface area contributed by atoms with E-state index in [2.05, 4.69) is 5.32 Å². The number of carboxylic acids is 1. The number of nitrogens with one attached hydrogen (secondary N) is 1. The van der Waals surface area contributed by atoms with Crippen LogP contribution in [0.25, 0.3) is 0 Å². The summed E-state index contributed by atoms with van der Waals surface area (Å²) in [5, 5.41) is 11.9. The van der Waals surface area contributed by atoms with Gasteiger partial charge in [0.15, 0.2) is 0 Å². The summed E-state index contributed by atoms with van der Waals surface area (Å²) in [6, 6.07) is 6.12. The summed E-state index contributed by atoms with van der Waals surface area (Å²) in [6.45, 7) is 5.59. The number of amides is 2. The maximum Gasteiger partial charge on any atom is 0.326 e. The van der Waals surface area contributed by atoms with Gasteiger partial charge in [-0.25, -0.2) is 4.79 Å². The molecule has 8 heteroatoms. The highest BCUT2D eigenvalue weighted by atomic mass is 16.4. The molecule has 27 heavy (non-hydrogen) atoms. The van der Waals surface area contributed by atoms with Gasteiger partial charge in [-0.15, -0.1) is 0 Å². The fraction of sp³-hybridized carbons (Fsp3) is 0.526. The summed E-state index contributed by atoms with van der Waals surface area (Å²) in [4.78, 5) is 38.2. The van der Waals surface area contributed by atoms with Crippen molar-refractivity contribution in [3.63, 3.8) is 0 Å². The highest BCUT2D eigenvalue weighted by molar-refractivity contribution is 6.01. The van der Waals surface area contributed by atoms with Crippen LogP contribution >= 0.6 is 0 Å². The Kier molecular flexibility index (Phi) is 8.90. The van der Waals surface area contributed by atoms with Gasteiger partial charge in [0.1, 0.15) is 12.1 Å². The van der Waals surface area contributed by atoms with E-state index in [-0.39, 0.29) is 18.9 Å². The number of hydrogen-bond acceptors (Lipinski definition) is 6. The topological polar surface area (TPSA) is 139 Å². The average Bonchev–Trinajstić information content (AvgIpc) is 2.61. The maximum atomic E-state index is 12.9. The molecule has 0 spiro atoms. The van der Waals surface area contributed by atoms with E-state index < -0.39 is 35.9 Å². The Morgan fingerprint density at radius 2 is 1.70 bits per heavy atom. The van der Waals surface area contributed by atoms with Crippen molar-refractivity contribution in [1.82, 2.24) is 5.32 Å². The molecular weight excluding hydrogens is 348 g/mol. The van der Waals surface area contributed by atoms with Crippen LogP contribution in [0.15, 0.2) is 30.3 Å². The lowest BCUT2D eigenvalue weighted by Gasteiger charge is -2.36. The molecule has 1 aromatic carbocycles. The van der Waals surface area contributed by atoms with Gasteiger partial charge in [0.25, 0.3) is 0 Å². The van der Waals surface area contributed by atoms with E-state index in [9.17, 15) is 19.5 Å². The first-order valence-electron chi connectivity index (χ1n) is 9.05. The van der Waals surface area contributed by atoms with E-state index in [1.54, 1.807) is 30.3 Å². The number of carboxylic acid groups (broad SMARTS) is 1. The lowest BCUT2D eigenvalue weighted by atomic mass is 9.99. The highest BCUT2D eigenvalue weighted by Gasteiger charge is 2.34. The molecule has 0 radical (unpaired) electrons. The van der Waals surface area contributed by atoms with Crippen molar-refractivity contribution in [3.05, 3.63) is 30.3 Å². The second kappa shape index (κ2) is 10.6. The number of rotatable bonds is 10. The first kappa shape index (κ1) is 22.6. The van der Waals surface area contributed by atoms with Crippen LogP contribution in [0.5, 0.6) is 0 Å². The largest absolute Gasteiger partial charge is 0.480 e. The number of carbonyl (C=O) groups excluding carboxylic acids is 2. The third kappa shape index (κ3) is 6.65. The number of aliphatic carboxylic acids is 1. The number of para-hydroxylation sites is 1. The van der Waals surface area contributed by atoms with Gasteiger partial charge in [0.2, 0.25) is 11.8 Å². The number of imide groups is 1. The summed E-state index contributed by atoms with van der Waals surface area (Å²) >= 11 is 0. The van der Waals surface area contributed by atoms with Crippen molar-refractivity contribution >= 4 is 23.5 Å². The second-order valence-electron chi connectivity index (χ2n) is 6.94. The number of nitrogens with zero attached hydrogens (tertiary/aromatic N) is 1. The van der Waals surface area contributed by atoms with Crippen molar-refractivity contribution in [2.75, 3.05) is 11.4 Å². The van der Waals surface area contributed by atoms with Crippen LogP contribution in [0.2, 0.25) is 0 Å². The SMILES string of the molecule is CC(C)C[C@@H](C(=O)NC(=O)[C@@H](N)CCN)N(c1ccccc1)[C@H](C)C(=O)O. The van der Waals surface area contributed by atoms with E-state index in [0.717, 1.165) is 0 Å². The van der Waals surface area contributed by atoms with Crippen LogP contribution in [0.1, 0.15) is 33.6 Å². The summed E-state index contributed by atoms with van der Waals surface area (Å²) in [6.07, 6.45) is 0.625. The fourth-order valence-electron chi connectivity index (χ4n) is 2.79. The molecule has 0 aliphatic heterocycles. The lowest BCUT2D eigenvalue weighted by Crippen LogP contribution is -2.56. The Labute approximate surface area is 159 Å². The van der Waals surface area contributed by atoms with E-state index in [1.807, 2.05) is 13.8 Å². The molecular formula is C19H30N4O4. The minimum Gasteiger partial charge on any atom is -0.480 e. The van der Waals surface area contributed by atoms with Gasteiger partial charge < -0.3 is 21.5 Å². The molecule has 3 atom stereocenters. The van der Waals surface area contributed by atoms with Crippen LogP contribution in [-0.2, 0) is 14.4 Å². The molecule has 0 unspecified atom stereocenters. The van der Waals surface area contributed by atoms with Crippen molar-refractivity contribution in [1.29, 1.82) is 0 Å². The van der Waals surface area contributed by atoms with Crippen LogP contribution < -0.4 is 21.7 Å². The molecule has 0 saturated carbocycles. The van der Waals surface area contributed by atoms with Crippen LogP contribution in [0, 0.1) is 5.92 Å². The predicted octanol–water partition coefficient (Wildman–Crippen LogP) is 0.700. The number of benzene rings is 1. The molecule has 0 heterocycles. The average molecular weight is 378 g/mol. The van der Waals surface area contributed by atoms with Gasteiger partial charge in [-0.2, -0.15) is 0 Å². The monoisotopic (exact) mass is 378 g/mol. The minimum absolute atomic E-state index is 0.0979. The van der Waals surface area contributed by atoms with E-state index >= 15 is 0 Å². The summed E-state index contributed by atoms with van der Waals surface area (Å²) < 4.78 is 0. The van der Waals surface area contributed by atoms with Gasteiger partial charge in [-0.05, 0) is 44.4 Å². The Morgan fingerprint density at radius 1 is 1.11 bits per heavy atom. The fourth-order valence-corrected chi connectivity index (χ4v) is 2.79.